The van der Waals surface area contributed by atoms with E-state index in [0.29, 0.717) is 113 Å². The van der Waals surface area contributed by atoms with Crippen LogP contribution in [0, 0.1) is 6.92 Å². The molecule has 0 spiro atoms. The number of carbonyl (C=O) groups is 11. The van der Waals surface area contributed by atoms with Gasteiger partial charge in [-0.2, -0.15) is 25.6 Å². The number of carbonyl (C=O) groups excluding carboxylic acids is 11. The number of amides is 9. The third kappa shape index (κ3) is 19.7. The van der Waals surface area contributed by atoms with Gasteiger partial charge < -0.3 is 50.5 Å². The molecule has 0 saturated carbocycles. The van der Waals surface area contributed by atoms with E-state index in [4.69, 9.17) is 4.74 Å². The number of benzene rings is 7. The number of aryl methyl sites for hydroxylation is 1. The standard InChI is InChI=1S/C48H44N10O6.C45H49N9O6/c1-49-45(61)37-26-52-39-19-13-29(24-36(39)44(37)53-31-8-4-3-5-9-31)30-14-20-41(51-25-30)46(62)50-23-7-10-34(59)27-57(2)33-17-15-32(16-18-33)55-56-40-12-6-11-35-38(40)28-58(48(35)64)42-21-22-43(60)54-47(42)63;1-27-21-29(36-25-52(3)28(2)43-35(36)23-47-51-43)22-40(60-5)33(27)10-7-13-41(56)46-20-8-9-32(55)24-53(4)31-16-14-30(15-17-31)49-50-38-12-6-11-34-37(38)26-54(45(34)59)39-18-19-42(57)48-44(39)58/h3-6,8-9,11-20,24-26,42H,7,10,21-23,27-28H2,1-2H3,(H,49,61)(H,50,62)(H,52,53)(H,54,60,63);6,11-12,14-17,21-23,25,39H,2,7-10,13,18-20,24,26H2,1,3-5H3,(H,46,56)(H,47,51)(H,48,57,58). The minimum atomic E-state index is -0.719. The van der Waals surface area contributed by atoms with Gasteiger partial charge in [0.2, 0.25) is 29.5 Å². The van der Waals surface area contributed by atoms with Gasteiger partial charge in [-0.1, -0.05) is 55.1 Å². The number of anilines is 4. The molecule has 0 aliphatic carbocycles. The number of likely N-dealkylation sites (N-methyl/N-ethyl adjacent to an activating group) is 2. The number of aromatic amines is 1. The Labute approximate surface area is 714 Å². The van der Waals surface area contributed by atoms with Crippen LogP contribution in [-0.2, 0) is 53.1 Å². The summed E-state index contributed by atoms with van der Waals surface area (Å²) in [7, 11) is 8.86. The summed E-state index contributed by atoms with van der Waals surface area (Å²) >= 11 is 0. The SMILES string of the molecule is C=C1c2[nH]ncc2C(c2cc(C)c(CCCC(=O)NCCCC(=O)CN(C)c3ccc(N=Nc4cccc5c4CN(C4CCC(=O)NC4=O)C5=O)cc3)c(OC)c2)=CN1C.CNC(=O)c1cnc2ccc(-c3ccc(C(=O)NCCCC(=O)CN(C)c4ccc(N=Nc5cccc6c5CN(C5CCC(=O)NC5=O)C6=O)cc4)nc3)cc2c1Nc1ccccc1. The number of Topliss-reactive ketones (excluding diaryl/α,β-unsaturated/α-hetero) is 2. The van der Waals surface area contributed by atoms with Crippen molar-refractivity contribution < 1.29 is 57.5 Å². The van der Waals surface area contributed by atoms with Gasteiger partial charge in [0, 0.05) is 166 Å². The van der Waals surface area contributed by atoms with Crippen LogP contribution in [0.4, 0.5) is 45.5 Å². The number of para-hydroxylation sites is 1. The van der Waals surface area contributed by atoms with Crippen LogP contribution in [0.3, 0.4) is 0 Å². The van der Waals surface area contributed by atoms with E-state index in [1.807, 2.05) is 133 Å². The molecular weight excluding hydrogens is 1580 g/mol. The lowest BCUT2D eigenvalue weighted by molar-refractivity contribution is -0.138. The molecule has 2 fully saturated rings. The molecule has 7 aromatic carbocycles. The summed E-state index contributed by atoms with van der Waals surface area (Å²) in [6.45, 7) is 7.72. The molecule has 31 heteroatoms. The third-order valence-corrected chi connectivity index (χ3v) is 22.4. The predicted molar refractivity (Wildman–Crippen MR) is 468 cm³/mol. The van der Waals surface area contributed by atoms with Gasteiger partial charge in [0.25, 0.3) is 23.6 Å². The van der Waals surface area contributed by atoms with Crippen molar-refractivity contribution in [2.75, 3.05) is 76.6 Å². The Morgan fingerprint density at radius 1 is 0.597 bits per heavy atom. The van der Waals surface area contributed by atoms with E-state index in [9.17, 15) is 52.7 Å². The maximum atomic E-state index is 13.2. The molecule has 9 amide bonds. The number of ether oxygens (including phenoxy) is 1. The number of H-pyrrole nitrogens is 1. The fourth-order valence-corrected chi connectivity index (χ4v) is 15.7. The number of nitrogens with one attached hydrogen (secondary N) is 7. The van der Waals surface area contributed by atoms with Crippen LogP contribution in [0.15, 0.2) is 210 Å². The van der Waals surface area contributed by atoms with E-state index in [-0.39, 0.29) is 117 Å². The number of rotatable bonds is 31. The van der Waals surface area contributed by atoms with Gasteiger partial charge in [-0.25, -0.2) is 0 Å². The normalized spacial score (nSPS) is 15.4. The highest BCUT2D eigenvalue weighted by Crippen LogP contribution is 2.41. The maximum absolute atomic E-state index is 13.2. The lowest BCUT2D eigenvalue weighted by Crippen LogP contribution is -2.52. The van der Waals surface area contributed by atoms with E-state index < -0.39 is 23.9 Å². The van der Waals surface area contributed by atoms with Crippen LogP contribution in [0.25, 0.3) is 33.3 Å². The average Bonchev–Trinajstić information content (AvgIpc) is 1.61. The van der Waals surface area contributed by atoms with E-state index in [2.05, 4.69) is 92.1 Å². The minimum Gasteiger partial charge on any atom is -0.496 e. The van der Waals surface area contributed by atoms with E-state index in [1.165, 1.54) is 9.80 Å². The van der Waals surface area contributed by atoms with Crippen molar-refractivity contribution in [1.29, 1.82) is 0 Å². The van der Waals surface area contributed by atoms with Gasteiger partial charge in [0.1, 0.15) is 23.5 Å². The first-order valence-corrected chi connectivity index (χ1v) is 40.8. The molecule has 5 aliphatic rings. The van der Waals surface area contributed by atoms with Gasteiger partial charge in [0.15, 0.2) is 11.6 Å². The number of aromatic nitrogens is 4. The first-order valence-electron chi connectivity index (χ1n) is 40.8. The molecule has 2 unspecified atom stereocenters. The van der Waals surface area contributed by atoms with Crippen molar-refractivity contribution >= 4 is 132 Å². The zero-order valence-electron chi connectivity index (χ0n) is 69.5. The number of nitrogens with zero attached hydrogens (tertiary/aromatic N) is 12. The number of methoxy groups -OCH3 is 1. The number of ketones is 2. The second kappa shape index (κ2) is 38.6. The molecule has 2 saturated heterocycles. The average molecular weight is 1670 g/mol. The molecule has 15 rings (SSSR count). The lowest BCUT2D eigenvalue weighted by Gasteiger charge is -2.29. The summed E-state index contributed by atoms with van der Waals surface area (Å²) in [5.74, 6) is -1.98. The Morgan fingerprint density at radius 3 is 1.73 bits per heavy atom. The van der Waals surface area contributed by atoms with Gasteiger partial charge in [-0.05, 0) is 177 Å². The summed E-state index contributed by atoms with van der Waals surface area (Å²) in [4.78, 5) is 156. The Balaban J connectivity index is 0.000000202. The quantitative estimate of drug-likeness (QED) is 0.0121. The van der Waals surface area contributed by atoms with Gasteiger partial charge >= 0.3 is 0 Å². The molecule has 10 aromatic rings. The second-order valence-electron chi connectivity index (χ2n) is 30.8. The molecule has 3 aromatic heterocycles. The van der Waals surface area contributed by atoms with Crippen LogP contribution in [0.2, 0.25) is 0 Å². The van der Waals surface area contributed by atoms with Crippen molar-refractivity contribution in [3.05, 3.63) is 251 Å². The summed E-state index contributed by atoms with van der Waals surface area (Å²) in [6.07, 6.45) is 11.3. The van der Waals surface area contributed by atoms with Crippen molar-refractivity contribution in [3.8, 4) is 16.9 Å². The Bertz CT molecular complexity index is 5950. The summed E-state index contributed by atoms with van der Waals surface area (Å²) in [5, 5.41) is 42.1. The molecule has 8 heterocycles. The molecular formula is C93H93N19O12. The molecule has 632 valence electrons. The third-order valence-electron chi connectivity index (χ3n) is 22.4. The molecule has 124 heavy (non-hydrogen) atoms. The van der Waals surface area contributed by atoms with E-state index >= 15 is 0 Å². The monoisotopic (exact) mass is 1670 g/mol. The van der Waals surface area contributed by atoms with Crippen LogP contribution >= 0.6 is 0 Å². The van der Waals surface area contributed by atoms with E-state index in [0.717, 1.165) is 78.5 Å². The number of hydrogen-bond acceptors (Lipinski definition) is 23. The zero-order valence-corrected chi connectivity index (χ0v) is 69.5. The Hall–Kier alpha value is -15.0. The molecule has 31 nitrogen and oxygen atoms in total. The van der Waals surface area contributed by atoms with Crippen molar-refractivity contribution in [1.82, 2.24) is 61.4 Å². The van der Waals surface area contributed by atoms with Crippen molar-refractivity contribution in [3.63, 3.8) is 0 Å². The highest BCUT2D eigenvalue weighted by molar-refractivity contribution is 6.10. The molecule has 0 bridgehead atoms. The highest BCUT2D eigenvalue weighted by Gasteiger charge is 2.42. The number of hydrogen-bond donors (Lipinski definition) is 7. The molecule has 2 atom stereocenters. The lowest BCUT2D eigenvalue weighted by atomic mass is 9.91. The second-order valence-corrected chi connectivity index (χ2v) is 30.8. The summed E-state index contributed by atoms with van der Waals surface area (Å²) in [5.41, 5.74) is 17.4. The fourth-order valence-electron chi connectivity index (χ4n) is 15.7. The van der Waals surface area contributed by atoms with E-state index in [1.54, 1.807) is 93.3 Å². The number of imide groups is 2. The topological polar surface area (TPSA) is 389 Å². The minimum absolute atomic E-state index is 0.0111. The Morgan fingerprint density at radius 2 is 1.18 bits per heavy atom. The number of piperidine rings is 2. The molecule has 0 radical (unpaired) electrons. The number of azo groups is 2. The Kier molecular flexibility index (Phi) is 26.6. The smallest absolute Gasteiger partial charge is 0.269 e. The zero-order chi connectivity index (χ0) is 87.2. The first kappa shape index (κ1) is 85.4. The van der Waals surface area contributed by atoms with Gasteiger partial charge in [-0.3, -0.25) is 78.4 Å². The predicted octanol–water partition coefficient (Wildman–Crippen LogP) is 12.9. The van der Waals surface area contributed by atoms with Crippen LogP contribution in [0.1, 0.15) is 145 Å². The van der Waals surface area contributed by atoms with Crippen molar-refractivity contribution in [2.24, 2.45) is 20.5 Å². The number of fused-ring (bicyclic) bond motifs is 4. The summed E-state index contributed by atoms with van der Waals surface area (Å²) < 4.78 is 5.81. The first-order chi connectivity index (χ1) is 60.0. The summed E-state index contributed by atoms with van der Waals surface area (Å²) in [6, 6.07) is 46.5. The van der Waals surface area contributed by atoms with Crippen LogP contribution < -0.4 is 46.4 Å². The maximum Gasteiger partial charge on any atom is 0.269 e. The number of pyridine rings is 2. The molecule has 5 aliphatic heterocycles. The largest absolute Gasteiger partial charge is 0.496 e. The van der Waals surface area contributed by atoms with Crippen molar-refractivity contribution in [2.45, 2.75) is 103 Å². The fraction of sp³-hybridized carbons (Fsp3) is 0.269. The van der Waals surface area contributed by atoms with Crippen LogP contribution in [-0.4, -0.2) is 173 Å². The van der Waals surface area contributed by atoms with Gasteiger partial charge in [0.05, 0.1) is 77.3 Å². The molecule has 7 N–H and O–H groups in total. The van der Waals surface area contributed by atoms with Gasteiger partial charge in [-0.15, -0.1) is 0 Å². The van der Waals surface area contributed by atoms with Crippen LogP contribution in [0.5, 0.6) is 5.75 Å². The highest BCUT2D eigenvalue weighted by atomic mass is 16.5.